The Morgan fingerprint density at radius 3 is 2.70 bits per heavy atom. The smallest absolute Gasteiger partial charge is 0.191 e. The number of aromatic nitrogens is 1. The lowest BCUT2D eigenvalue weighted by molar-refractivity contribution is 0.0220. The monoisotopic (exact) mass is 338 g/mol. The summed E-state index contributed by atoms with van der Waals surface area (Å²) < 4.78 is 5.39. The lowest BCUT2D eigenvalue weighted by Crippen LogP contribution is -2.51. The molecule has 0 aromatic carbocycles. The zero-order valence-corrected chi connectivity index (χ0v) is 14.5. The van der Waals surface area contributed by atoms with Crippen molar-refractivity contribution in [3.05, 3.63) is 11.6 Å². The van der Waals surface area contributed by atoms with E-state index in [0.717, 1.165) is 64.2 Å². The Kier molecular flexibility index (Phi) is 5.69. The first-order valence-corrected chi connectivity index (χ1v) is 9.13. The summed E-state index contributed by atoms with van der Waals surface area (Å²) >= 11 is 1.69. The number of nitrogens with zero attached hydrogens (tertiary/aromatic N) is 5. The fourth-order valence-corrected chi connectivity index (χ4v) is 3.66. The van der Waals surface area contributed by atoms with Gasteiger partial charge in [0.2, 0.25) is 0 Å². The third kappa shape index (κ3) is 4.33. The third-order valence-electron chi connectivity index (χ3n) is 4.48. The summed E-state index contributed by atoms with van der Waals surface area (Å²) in [7, 11) is 0. The molecule has 1 aromatic heterocycles. The fraction of sp³-hybridized carbons (Fsp3) is 0.733. The summed E-state index contributed by atoms with van der Waals surface area (Å²) in [5.41, 5.74) is 6.19. The maximum absolute atomic E-state index is 6.19. The number of hydrogen-bond donors (Lipinski definition) is 1. The molecule has 2 N–H and O–H groups in total. The fourth-order valence-electron chi connectivity index (χ4n) is 2.96. The van der Waals surface area contributed by atoms with Gasteiger partial charge in [-0.15, -0.1) is 11.3 Å². The quantitative estimate of drug-likeness (QED) is 0.629. The van der Waals surface area contributed by atoms with Gasteiger partial charge in [0, 0.05) is 56.9 Å². The van der Waals surface area contributed by atoms with Crippen molar-refractivity contribution < 1.29 is 4.74 Å². The van der Waals surface area contributed by atoms with Gasteiger partial charge in [0.1, 0.15) is 0 Å². The Morgan fingerprint density at radius 2 is 2.04 bits per heavy atom. The molecule has 2 aliphatic rings. The van der Waals surface area contributed by atoms with E-state index in [4.69, 9.17) is 10.5 Å². The molecule has 0 radical (unpaired) electrons. The van der Waals surface area contributed by atoms with Gasteiger partial charge >= 0.3 is 0 Å². The predicted octanol–water partition coefficient (Wildman–Crippen LogP) is 0.301. The summed E-state index contributed by atoms with van der Waals surface area (Å²) in [4.78, 5) is 15.9. The van der Waals surface area contributed by atoms with Crippen molar-refractivity contribution in [1.29, 1.82) is 0 Å². The first-order valence-electron chi connectivity index (χ1n) is 8.25. The minimum atomic E-state index is 0.411. The molecule has 1 atom stereocenters. The average molecular weight is 338 g/mol. The Balaban J connectivity index is 1.45. The van der Waals surface area contributed by atoms with Crippen LogP contribution < -0.4 is 10.6 Å². The van der Waals surface area contributed by atoms with Crippen LogP contribution in [0.3, 0.4) is 0 Å². The van der Waals surface area contributed by atoms with Crippen molar-refractivity contribution in [2.75, 3.05) is 63.9 Å². The summed E-state index contributed by atoms with van der Waals surface area (Å²) in [5.74, 6) is 0.670. The van der Waals surface area contributed by atoms with Crippen LogP contribution in [0.25, 0.3) is 0 Å². The molecule has 7 nitrogen and oxygen atoms in total. The number of anilines is 1. The van der Waals surface area contributed by atoms with Gasteiger partial charge in [-0.2, -0.15) is 0 Å². The van der Waals surface area contributed by atoms with E-state index in [2.05, 4.69) is 31.6 Å². The van der Waals surface area contributed by atoms with Gasteiger partial charge in [0.25, 0.3) is 0 Å². The van der Waals surface area contributed by atoms with E-state index in [0.29, 0.717) is 12.0 Å². The minimum absolute atomic E-state index is 0.411. The number of piperazine rings is 1. The van der Waals surface area contributed by atoms with E-state index >= 15 is 0 Å². The van der Waals surface area contributed by atoms with Gasteiger partial charge in [-0.1, -0.05) is 0 Å². The van der Waals surface area contributed by atoms with Gasteiger partial charge < -0.3 is 20.3 Å². The number of hydrogen-bond acceptors (Lipinski definition) is 6. The number of ether oxygens (including phenoxy) is 1. The number of nitrogens with two attached hydrogens (primary N) is 1. The highest BCUT2D eigenvalue weighted by atomic mass is 32.1. The van der Waals surface area contributed by atoms with E-state index in [9.17, 15) is 0 Å². The lowest BCUT2D eigenvalue weighted by atomic mass is 10.2. The molecule has 2 saturated heterocycles. The van der Waals surface area contributed by atoms with Gasteiger partial charge in [-0.3, -0.25) is 9.89 Å². The normalized spacial score (nSPS) is 22.4. The molecule has 23 heavy (non-hydrogen) atoms. The molecule has 3 heterocycles. The van der Waals surface area contributed by atoms with Crippen LogP contribution in [-0.2, 0) is 4.74 Å². The molecule has 2 fully saturated rings. The molecule has 0 bridgehead atoms. The summed E-state index contributed by atoms with van der Waals surface area (Å²) in [6.07, 6.45) is 1.86. The molecule has 0 spiro atoms. The van der Waals surface area contributed by atoms with Crippen molar-refractivity contribution in [3.8, 4) is 0 Å². The van der Waals surface area contributed by atoms with Gasteiger partial charge in [0.15, 0.2) is 11.1 Å². The Labute approximate surface area is 141 Å². The first-order chi connectivity index (χ1) is 11.2. The standard InChI is InChI=1S/C15H26N6OS/c1-13(19-7-9-22-10-8-19)12-18-14(16)20-3-5-21(6-4-20)15-17-2-11-23-15/h2,11,13H,3-10,12H2,1H3,(H2,16,18). The number of thiazole rings is 1. The maximum Gasteiger partial charge on any atom is 0.191 e. The summed E-state index contributed by atoms with van der Waals surface area (Å²) in [5, 5.41) is 3.12. The molecule has 0 aliphatic carbocycles. The lowest BCUT2D eigenvalue weighted by Gasteiger charge is -2.35. The molecule has 3 rings (SSSR count). The molecule has 8 heteroatoms. The summed E-state index contributed by atoms with van der Waals surface area (Å²) in [6, 6.07) is 0.411. The van der Waals surface area contributed by atoms with Crippen LogP contribution in [0.4, 0.5) is 5.13 Å². The van der Waals surface area contributed by atoms with Crippen LogP contribution >= 0.6 is 11.3 Å². The molecule has 1 aromatic rings. The Hall–Kier alpha value is -1.38. The molecule has 0 saturated carbocycles. The number of rotatable bonds is 4. The highest BCUT2D eigenvalue weighted by Crippen LogP contribution is 2.18. The Morgan fingerprint density at radius 1 is 1.30 bits per heavy atom. The SMILES string of the molecule is CC(CN=C(N)N1CCN(c2nccs2)CC1)N1CCOCC1. The Bertz CT molecular complexity index is 494. The highest BCUT2D eigenvalue weighted by molar-refractivity contribution is 7.13. The maximum atomic E-state index is 6.19. The van der Waals surface area contributed by atoms with Crippen LogP contribution in [0.2, 0.25) is 0 Å². The highest BCUT2D eigenvalue weighted by Gasteiger charge is 2.21. The van der Waals surface area contributed by atoms with Crippen molar-refractivity contribution >= 4 is 22.4 Å². The zero-order valence-electron chi connectivity index (χ0n) is 13.7. The van der Waals surface area contributed by atoms with Crippen LogP contribution in [0.1, 0.15) is 6.92 Å². The predicted molar refractivity (Wildman–Crippen MR) is 94.2 cm³/mol. The van der Waals surface area contributed by atoms with Crippen LogP contribution in [0.5, 0.6) is 0 Å². The van der Waals surface area contributed by atoms with Gasteiger partial charge in [0.05, 0.1) is 19.8 Å². The van der Waals surface area contributed by atoms with E-state index in [1.165, 1.54) is 0 Å². The van der Waals surface area contributed by atoms with E-state index in [1.807, 2.05) is 11.6 Å². The van der Waals surface area contributed by atoms with Gasteiger partial charge in [-0.05, 0) is 6.92 Å². The van der Waals surface area contributed by atoms with Crippen molar-refractivity contribution in [2.45, 2.75) is 13.0 Å². The third-order valence-corrected chi connectivity index (χ3v) is 5.31. The second-order valence-corrected chi connectivity index (χ2v) is 6.86. The molecular formula is C15H26N6OS. The molecule has 2 aliphatic heterocycles. The zero-order chi connectivity index (χ0) is 16.1. The van der Waals surface area contributed by atoms with Crippen LogP contribution in [-0.4, -0.2) is 85.8 Å². The van der Waals surface area contributed by atoms with Crippen LogP contribution in [0.15, 0.2) is 16.6 Å². The van der Waals surface area contributed by atoms with Crippen molar-refractivity contribution in [3.63, 3.8) is 0 Å². The molecule has 128 valence electrons. The van der Waals surface area contributed by atoms with E-state index in [-0.39, 0.29) is 0 Å². The van der Waals surface area contributed by atoms with Crippen molar-refractivity contribution in [1.82, 2.24) is 14.8 Å². The van der Waals surface area contributed by atoms with Gasteiger partial charge in [-0.25, -0.2) is 4.98 Å². The van der Waals surface area contributed by atoms with Crippen molar-refractivity contribution in [2.24, 2.45) is 10.7 Å². The topological polar surface area (TPSA) is 70.2 Å². The van der Waals surface area contributed by atoms with E-state index in [1.54, 1.807) is 11.3 Å². The molecule has 1 unspecified atom stereocenters. The van der Waals surface area contributed by atoms with E-state index < -0.39 is 0 Å². The second-order valence-electron chi connectivity index (χ2n) is 5.99. The number of guanidine groups is 1. The number of morpholine rings is 1. The first kappa shape index (κ1) is 16.5. The molecule has 0 amide bonds. The second kappa shape index (κ2) is 7.94. The largest absolute Gasteiger partial charge is 0.379 e. The summed E-state index contributed by atoms with van der Waals surface area (Å²) in [6.45, 7) is 10.3. The number of aliphatic imine (C=N–C) groups is 1. The molecular weight excluding hydrogens is 312 g/mol. The average Bonchev–Trinajstić information content (AvgIpc) is 3.15. The minimum Gasteiger partial charge on any atom is -0.379 e. The van der Waals surface area contributed by atoms with Crippen LogP contribution in [0, 0.1) is 0 Å².